The highest BCUT2D eigenvalue weighted by molar-refractivity contribution is 5.91. The number of rotatable bonds is 8. The minimum Gasteiger partial charge on any atom is -0.480 e. The number of para-hydroxylation sites is 2. The van der Waals surface area contributed by atoms with Crippen molar-refractivity contribution in [2.75, 3.05) is 4.90 Å². The molecule has 8 nitrogen and oxygen atoms in total. The summed E-state index contributed by atoms with van der Waals surface area (Å²) in [7, 11) is 0. The maximum Gasteiger partial charge on any atom is 0.326 e. The Labute approximate surface area is 178 Å². The van der Waals surface area contributed by atoms with Crippen molar-refractivity contribution in [3.05, 3.63) is 78.6 Å². The molecule has 1 unspecified atom stereocenters. The predicted molar refractivity (Wildman–Crippen MR) is 116 cm³/mol. The van der Waals surface area contributed by atoms with Crippen LogP contribution in [0.1, 0.15) is 12.5 Å². The number of carboxylic acids is 1. The van der Waals surface area contributed by atoms with Gasteiger partial charge in [-0.15, -0.1) is 0 Å². The topological polar surface area (TPSA) is 111 Å². The van der Waals surface area contributed by atoms with Crippen molar-refractivity contribution >= 4 is 34.4 Å². The molecule has 0 bridgehead atoms. The van der Waals surface area contributed by atoms with Crippen LogP contribution in [0.25, 0.3) is 10.9 Å². The van der Waals surface area contributed by atoms with Gasteiger partial charge in [-0.05, 0) is 30.7 Å². The van der Waals surface area contributed by atoms with Gasteiger partial charge in [0.25, 0.3) is 0 Å². The zero-order valence-electron chi connectivity index (χ0n) is 16.9. The summed E-state index contributed by atoms with van der Waals surface area (Å²) in [4.78, 5) is 29.8. The van der Waals surface area contributed by atoms with Gasteiger partial charge in [0.2, 0.25) is 11.8 Å². The van der Waals surface area contributed by atoms with Crippen molar-refractivity contribution in [1.29, 1.82) is 0 Å². The number of carboxylic acid groups (broad SMARTS) is 1. The summed E-state index contributed by atoms with van der Waals surface area (Å²) in [5.74, 6) is -1.15. The van der Waals surface area contributed by atoms with Crippen LogP contribution in [0.5, 0.6) is 0 Å². The van der Waals surface area contributed by atoms with Crippen molar-refractivity contribution < 1.29 is 19.2 Å². The van der Waals surface area contributed by atoms with Gasteiger partial charge in [0, 0.05) is 35.3 Å². The lowest BCUT2D eigenvalue weighted by Gasteiger charge is -2.28. The summed E-state index contributed by atoms with van der Waals surface area (Å²) in [6.45, 7) is 1.69. The Morgan fingerprint density at radius 2 is 1.87 bits per heavy atom. The normalized spacial score (nSPS) is 12.9. The van der Waals surface area contributed by atoms with Crippen LogP contribution in [0, 0.1) is 0 Å². The second-order valence-electron chi connectivity index (χ2n) is 7.20. The molecular weight excluding hydrogens is 396 g/mol. The second-order valence-corrected chi connectivity index (χ2v) is 7.20. The first kappa shape index (κ1) is 20.2. The number of aliphatic carboxylic acids is 1. The molecule has 0 saturated heterocycles. The number of nitrogens with zero attached hydrogens (tertiary/aromatic N) is 2. The fourth-order valence-electron chi connectivity index (χ4n) is 3.59. The maximum atomic E-state index is 13.1. The average Bonchev–Trinajstić information content (AvgIpc) is 3.44. The van der Waals surface area contributed by atoms with E-state index in [1.807, 2.05) is 54.6 Å². The van der Waals surface area contributed by atoms with E-state index in [1.54, 1.807) is 24.1 Å². The van der Waals surface area contributed by atoms with Crippen molar-refractivity contribution in [1.82, 2.24) is 15.5 Å². The fourth-order valence-corrected chi connectivity index (χ4v) is 3.59. The number of anilines is 2. The first-order chi connectivity index (χ1) is 15.0. The van der Waals surface area contributed by atoms with Crippen molar-refractivity contribution in [3.8, 4) is 0 Å². The van der Waals surface area contributed by atoms with E-state index < -0.39 is 24.0 Å². The van der Waals surface area contributed by atoms with Gasteiger partial charge in [0.15, 0.2) is 0 Å². The van der Waals surface area contributed by atoms with E-state index >= 15 is 0 Å². The lowest BCUT2D eigenvalue weighted by Crippen LogP contribution is -2.50. The molecule has 4 aromatic rings. The summed E-state index contributed by atoms with van der Waals surface area (Å²) in [5, 5.41) is 17.1. The molecule has 0 saturated carbocycles. The van der Waals surface area contributed by atoms with E-state index in [2.05, 4.69) is 15.5 Å². The Balaban J connectivity index is 1.55. The van der Waals surface area contributed by atoms with Gasteiger partial charge >= 0.3 is 5.97 Å². The number of carbonyl (C=O) groups is 2. The average molecular weight is 418 g/mol. The van der Waals surface area contributed by atoms with E-state index in [0.717, 1.165) is 22.2 Å². The third-order valence-electron chi connectivity index (χ3n) is 5.18. The number of H-pyrrole nitrogens is 1. The molecule has 2 aromatic heterocycles. The third-order valence-corrected chi connectivity index (χ3v) is 5.18. The predicted octanol–water partition coefficient (Wildman–Crippen LogP) is 3.49. The third kappa shape index (κ3) is 4.28. The molecule has 4 rings (SSSR count). The van der Waals surface area contributed by atoms with Crippen LogP contribution in [0.4, 0.5) is 11.6 Å². The Bertz CT molecular complexity index is 1170. The van der Waals surface area contributed by atoms with Gasteiger partial charge in [-0.1, -0.05) is 41.6 Å². The second kappa shape index (κ2) is 8.74. The summed E-state index contributed by atoms with van der Waals surface area (Å²) >= 11 is 0. The van der Waals surface area contributed by atoms with Gasteiger partial charge in [-0.2, -0.15) is 0 Å². The van der Waals surface area contributed by atoms with Crippen molar-refractivity contribution in [2.24, 2.45) is 0 Å². The minimum absolute atomic E-state index is 0.158. The molecule has 0 fully saturated rings. The van der Waals surface area contributed by atoms with Crippen LogP contribution in [-0.2, 0) is 16.0 Å². The highest BCUT2D eigenvalue weighted by Gasteiger charge is 2.29. The molecule has 158 valence electrons. The van der Waals surface area contributed by atoms with Crippen LogP contribution in [0.15, 0.2) is 77.6 Å². The van der Waals surface area contributed by atoms with Gasteiger partial charge in [-0.3, -0.25) is 9.69 Å². The fraction of sp³-hybridized carbons (Fsp3) is 0.174. The monoisotopic (exact) mass is 418 g/mol. The summed E-state index contributed by atoms with van der Waals surface area (Å²) in [5.41, 5.74) is 2.47. The van der Waals surface area contributed by atoms with Gasteiger partial charge < -0.3 is 19.9 Å². The smallest absolute Gasteiger partial charge is 0.326 e. The number of hydrogen-bond donors (Lipinski definition) is 3. The first-order valence-corrected chi connectivity index (χ1v) is 9.87. The summed E-state index contributed by atoms with van der Waals surface area (Å²) in [6.07, 6.45) is 3.43. The Kier molecular flexibility index (Phi) is 5.70. The largest absolute Gasteiger partial charge is 0.480 e. The minimum atomic E-state index is -1.10. The SMILES string of the molecule is CC(C(=O)N[C@@H](Cc1c[nH]c2ccccc12)C(=O)O)N(c1ccccc1)c1ccno1. The van der Waals surface area contributed by atoms with Gasteiger partial charge in [0.1, 0.15) is 12.1 Å². The molecule has 1 amide bonds. The zero-order valence-corrected chi connectivity index (χ0v) is 16.9. The number of hydrogen-bond acceptors (Lipinski definition) is 5. The molecule has 31 heavy (non-hydrogen) atoms. The molecule has 0 aliphatic carbocycles. The lowest BCUT2D eigenvalue weighted by molar-refractivity contribution is -0.141. The van der Waals surface area contributed by atoms with Crippen molar-refractivity contribution in [3.63, 3.8) is 0 Å². The molecule has 3 N–H and O–H groups in total. The van der Waals surface area contributed by atoms with Crippen LogP contribution in [0.2, 0.25) is 0 Å². The molecule has 0 aliphatic rings. The standard InChI is InChI=1S/C23H22N4O4/c1-15(27(21-11-12-25-31-21)17-7-3-2-4-8-17)22(28)26-20(23(29)30)13-16-14-24-19-10-6-5-9-18(16)19/h2-12,14-15,20,24H,13H2,1H3,(H,26,28)(H,29,30)/t15?,20-/m0/s1. The van der Waals surface area contributed by atoms with Gasteiger partial charge in [-0.25, -0.2) is 4.79 Å². The molecule has 0 aliphatic heterocycles. The molecule has 8 heteroatoms. The van der Waals surface area contributed by atoms with Crippen LogP contribution in [-0.4, -0.2) is 39.2 Å². The van der Waals surface area contributed by atoms with E-state index in [0.29, 0.717) is 5.88 Å². The number of benzene rings is 2. The molecule has 0 radical (unpaired) electrons. The van der Waals surface area contributed by atoms with E-state index in [4.69, 9.17) is 4.52 Å². The molecule has 2 aromatic carbocycles. The Hall–Kier alpha value is -4.07. The Morgan fingerprint density at radius 3 is 2.58 bits per heavy atom. The lowest BCUT2D eigenvalue weighted by atomic mass is 10.0. The zero-order chi connectivity index (χ0) is 21.8. The number of aromatic nitrogens is 2. The quantitative estimate of drug-likeness (QED) is 0.404. The first-order valence-electron chi connectivity index (χ1n) is 9.87. The summed E-state index contributed by atoms with van der Waals surface area (Å²) in [6, 6.07) is 16.7. The van der Waals surface area contributed by atoms with Crippen molar-refractivity contribution in [2.45, 2.75) is 25.4 Å². The summed E-state index contributed by atoms with van der Waals surface area (Å²) < 4.78 is 5.28. The molecule has 2 heterocycles. The van der Waals surface area contributed by atoms with E-state index in [9.17, 15) is 14.7 Å². The number of fused-ring (bicyclic) bond motifs is 1. The molecule has 2 atom stereocenters. The van der Waals surface area contributed by atoms with Crippen LogP contribution in [0.3, 0.4) is 0 Å². The number of amides is 1. The van der Waals surface area contributed by atoms with Crippen LogP contribution >= 0.6 is 0 Å². The number of nitrogens with one attached hydrogen (secondary N) is 2. The highest BCUT2D eigenvalue weighted by atomic mass is 16.5. The number of aromatic amines is 1. The maximum absolute atomic E-state index is 13.1. The highest BCUT2D eigenvalue weighted by Crippen LogP contribution is 2.27. The molecule has 0 spiro atoms. The number of carbonyl (C=O) groups excluding carboxylic acids is 1. The van der Waals surface area contributed by atoms with Crippen LogP contribution < -0.4 is 10.2 Å². The van der Waals surface area contributed by atoms with E-state index in [1.165, 1.54) is 6.20 Å². The molecular formula is C23H22N4O4. The van der Waals surface area contributed by atoms with Gasteiger partial charge in [0.05, 0.1) is 6.20 Å². The van der Waals surface area contributed by atoms with E-state index in [-0.39, 0.29) is 6.42 Å². The Morgan fingerprint density at radius 1 is 1.13 bits per heavy atom.